The molecule has 0 saturated carbocycles. The molecule has 6 heteroatoms. The lowest BCUT2D eigenvalue weighted by molar-refractivity contribution is 0.0907. The molecule has 2 aromatic rings. The van der Waals surface area contributed by atoms with Crippen molar-refractivity contribution >= 4 is 35.6 Å². The van der Waals surface area contributed by atoms with Crippen molar-refractivity contribution in [1.29, 1.82) is 0 Å². The molecule has 1 unspecified atom stereocenters. The number of anilines is 1. The van der Waals surface area contributed by atoms with Crippen molar-refractivity contribution < 1.29 is 4.74 Å². The number of aliphatic imine (C=N–C) groups is 1. The summed E-state index contributed by atoms with van der Waals surface area (Å²) < 4.78 is 5.95. The van der Waals surface area contributed by atoms with Gasteiger partial charge < -0.3 is 20.3 Å². The SMILES string of the molecule is CCNC(=NCCCNc1ccccc1)N1CCC(COCc2ccccc2)C1.I. The monoisotopic (exact) mass is 522 g/mol. The van der Waals surface area contributed by atoms with Crippen LogP contribution < -0.4 is 10.6 Å². The van der Waals surface area contributed by atoms with Crippen LogP contribution in [0.15, 0.2) is 65.7 Å². The first-order valence-corrected chi connectivity index (χ1v) is 10.8. The van der Waals surface area contributed by atoms with Gasteiger partial charge in [0.05, 0.1) is 13.2 Å². The molecule has 1 fully saturated rings. The van der Waals surface area contributed by atoms with E-state index in [0.717, 1.165) is 58.1 Å². The largest absolute Gasteiger partial charge is 0.385 e. The summed E-state index contributed by atoms with van der Waals surface area (Å²) in [5.41, 5.74) is 2.41. The number of benzene rings is 2. The molecule has 0 spiro atoms. The Morgan fingerprint density at radius 1 is 1.10 bits per heavy atom. The number of hydrogen-bond donors (Lipinski definition) is 2. The Balaban J connectivity index is 0.00000320. The summed E-state index contributed by atoms with van der Waals surface area (Å²) in [6, 6.07) is 20.7. The van der Waals surface area contributed by atoms with Gasteiger partial charge in [-0.2, -0.15) is 0 Å². The van der Waals surface area contributed by atoms with E-state index in [9.17, 15) is 0 Å². The van der Waals surface area contributed by atoms with Gasteiger partial charge in [-0.05, 0) is 37.5 Å². The summed E-state index contributed by atoms with van der Waals surface area (Å²) in [4.78, 5) is 7.22. The number of guanidine groups is 1. The van der Waals surface area contributed by atoms with Crippen molar-refractivity contribution in [2.24, 2.45) is 10.9 Å². The minimum absolute atomic E-state index is 0. The summed E-state index contributed by atoms with van der Waals surface area (Å²) >= 11 is 0. The summed E-state index contributed by atoms with van der Waals surface area (Å²) in [6.45, 7) is 8.36. The lowest BCUT2D eigenvalue weighted by Crippen LogP contribution is -2.40. The van der Waals surface area contributed by atoms with E-state index < -0.39 is 0 Å². The van der Waals surface area contributed by atoms with E-state index in [1.807, 2.05) is 12.1 Å². The maximum atomic E-state index is 5.95. The van der Waals surface area contributed by atoms with Gasteiger partial charge in [0.2, 0.25) is 0 Å². The van der Waals surface area contributed by atoms with E-state index in [-0.39, 0.29) is 24.0 Å². The van der Waals surface area contributed by atoms with E-state index in [4.69, 9.17) is 9.73 Å². The summed E-state index contributed by atoms with van der Waals surface area (Å²) in [6.07, 6.45) is 2.18. The Hall–Kier alpha value is -1.80. The first-order chi connectivity index (χ1) is 14.3. The molecule has 3 rings (SSSR count). The molecule has 164 valence electrons. The molecule has 1 saturated heterocycles. The van der Waals surface area contributed by atoms with Crippen LogP contribution in [-0.4, -0.2) is 50.2 Å². The van der Waals surface area contributed by atoms with Gasteiger partial charge >= 0.3 is 0 Å². The first kappa shape index (κ1) is 24.5. The number of para-hydroxylation sites is 1. The fraction of sp³-hybridized carbons (Fsp3) is 0.458. The van der Waals surface area contributed by atoms with E-state index in [1.54, 1.807) is 0 Å². The number of ether oxygens (including phenoxy) is 1. The predicted molar refractivity (Wildman–Crippen MR) is 137 cm³/mol. The Labute approximate surface area is 198 Å². The molecule has 1 aliphatic rings. The van der Waals surface area contributed by atoms with Crippen molar-refractivity contribution in [2.75, 3.05) is 44.6 Å². The van der Waals surface area contributed by atoms with Crippen LogP contribution in [0.1, 0.15) is 25.3 Å². The quantitative estimate of drug-likeness (QED) is 0.207. The van der Waals surface area contributed by atoms with Crippen LogP contribution >= 0.6 is 24.0 Å². The van der Waals surface area contributed by atoms with Gasteiger partial charge in [-0.15, -0.1) is 24.0 Å². The number of nitrogens with zero attached hydrogens (tertiary/aromatic N) is 2. The molecular formula is C24H35IN4O. The number of nitrogens with one attached hydrogen (secondary N) is 2. The maximum absolute atomic E-state index is 5.95. The average molecular weight is 522 g/mol. The van der Waals surface area contributed by atoms with Gasteiger partial charge in [-0.3, -0.25) is 4.99 Å². The number of likely N-dealkylation sites (tertiary alicyclic amines) is 1. The summed E-state index contributed by atoms with van der Waals surface area (Å²) in [5.74, 6) is 1.61. The van der Waals surface area contributed by atoms with Crippen LogP contribution in [0.2, 0.25) is 0 Å². The second-order valence-electron chi connectivity index (χ2n) is 7.48. The van der Waals surface area contributed by atoms with Crippen LogP contribution in [0.25, 0.3) is 0 Å². The van der Waals surface area contributed by atoms with Crippen LogP contribution in [0.3, 0.4) is 0 Å². The molecule has 0 aliphatic carbocycles. The van der Waals surface area contributed by atoms with Crippen LogP contribution in [0, 0.1) is 5.92 Å². The third-order valence-electron chi connectivity index (χ3n) is 5.08. The van der Waals surface area contributed by atoms with Crippen molar-refractivity contribution in [3.8, 4) is 0 Å². The number of rotatable bonds is 10. The fourth-order valence-electron chi connectivity index (χ4n) is 3.56. The zero-order valence-electron chi connectivity index (χ0n) is 17.9. The second kappa shape index (κ2) is 14.2. The number of halogens is 1. The van der Waals surface area contributed by atoms with Crippen molar-refractivity contribution in [3.63, 3.8) is 0 Å². The van der Waals surface area contributed by atoms with Crippen molar-refractivity contribution in [1.82, 2.24) is 10.2 Å². The van der Waals surface area contributed by atoms with Gasteiger partial charge in [-0.1, -0.05) is 48.5 Å². The van der Waals surface area contributed by atoms with E-state index in [0.29, 0.717) is 12.5 Å². The zero-order chi connectivity index (χ0) is 20.2. The van der Waals surface area contributed by atoms with Crippen molar-refractivity contribution in [2.45, 2.75) is 26.4 Å². The molecule has 0 aromatic heterocycles. The molecule has 5 nitrogen and oxygen atoms in total. The highest BCUT2D eigenvalue weighted by molar-refractivity contribution is 14.0. The molecule has 2 N–H and O–H groups in total. The van der Waals surface area contributed by atoms with E-state index in [2.05, 4.69) is 71.0 Å². The standard InChI is InChI=1S/C24H34N4O.HI/c1-2-25-24(27-16-9-15-26-23-12-7-4-8-13-23)28-17-14-22(18-28)20-29-19-21-10-5-3-6-11-21;/h3-8,10-13,22,26H,2,9,14-20H2,1H3,(H,25,27);1H. The topological polar surface area (TPSA) is 48.9 Å². The molecule has 1 heterocycles. The third kappa shape index (κ3) is 8.52. The highest BCUT2D eigenvalue weighted by atomic mass is 127. The Morgan fingerprint density at radius 2 is 1.83 bits per heavy atom. The maximum Gasteiger partial charge on any atom is 0.193 e. The lowest BCUT2D eigenvalue weighted by Gasteiger charge is -2.21. The van der Waals surface area contributed by atoms with Gasteiger partial charge in [0.15, 0.2) is 5.96 Å². The van der Waals surface area contributed by atoms with Crippen LogP contribution in [-0.2, 0) is 11.3 Å². The van der Waals surface area contributed by atoms with E-state index in [1.165, 1.54) is 11.3 Å². The fourth-order valence-corrected chi connectivity index (χ4v) is 3.56. The molecular weight excluding hydrogens is 487 g/mol. The number of hydrogen-bond acceptors (Lipinski definition) is 3. The zero-order valence-corrected chi connectivity index (χ0v) is 20.3. The molecule has 0 bridgehead atoms. The van der Waals surface area contributed by atoms with Gasteiger partial charge in [0.25, 0.3) is 0 Å². The Bertz CT molecular complexity index is 727. The molecule has 0 amide bonds. The molecule has 30 heavy (non-hydrogen) atoms. The van der Waals surface area contributed by atoms with Gasteiger partial charge in [-0.25, -0.2) is 0 Å². The minimum Gasteiger partial charge on any atom is -0.385 e. The normalized spacial score (nSPS) is 16.2. The smallest absolute Gasteiger partial charge is 0.193 e. The Morgan fingerprint density at radius 3 is 2.57 bits per heavy atom. The van der Waals surface area contributed by atoms with Gasteiger partial charge in [0, 0.05) is 44.3 Å². The predicted octanol–water partition coefficient (Wildman–Crippen LogP) is 4.61. The first-order valence-electron chi connectivity index (χ1n) is 10.8. The average Bonchev–Trinajstić information content (AvgIpc) is 3.23. The van der Waals surface area contributed by atoms with Crippen LogP contribution in [0.5, 0.6) is 0 Å². The highest BCUT2D eigenvalue weighted by Crippen LogP contribution is 2.17. The molecule has 1 atom stereocenters. The Kier molecular flexibility index (Phi) is 11.6. The van der Waals surface area contributed by atoms with Crippen molar-refractivity contribution in [3.05, 3.63) is 66.2 Å². The summed E-state index contributed by atoms with van der Waals surface area (Å²) in [7, 11) is 0. The molecule has 2 aromatic carbocycles. The van der Waals surface area contributed by atoms with E-state index >= 15 is 0 Å². The minimum atomic E-state index is 0. The third-order valence-corrected chi connectivity index (χ3v) is 5.08. The van der Waals surface area contributed by atoms with Crippen LogP contribution in [0.4, 0.5) is 5.69 Å². The highest BCUT2D eigenvalue weighted by Gasteiger charge is 2.24. The summed E-state index contributed by atoms with van der Waals surface area (Å²) in [5, 5.41) is 6.89. The molecule has 1 aliphatic heterocycles. The second-order valence-corrected chi connectivity index (χ2v) is 7.48. The molecule has 0 radical (unpaired) electrons. The lowest BCUT2D eigenvalue weighted by atomic mass is 10.1. The van der Waals surface area contributed by atoms with Gasteiger partial charge in [0.1, 0.15) is 0 Å².